The Balaban J connectivity index is 1.29. The van der Waals surface area contributed by atoms with E-state index >= 15 is 4.79 Å². The predicted molar refractivity (Wildman–Crippen MR) is 192 cm³/mol. The van der Waals surface area contributed by atoms with Crippen LogP contribution in [0.15, 0.2) is 103 Å². The molecule has 10 nitrogen and oxygen atoms in total. The number of allylic oxidation sites excluding steroid dienone is 2. The first-order chi connectivity index (χ1) is 26.7. The third-order valence-corrected chi connectivity index (χ3v) is 11.7. The Bertz CT molecular complexity index is 2280. The van der Waals surface area contributed by atoms with Crippen molar-refractivity contribution in [2.24, 2.45) is 23.7 Å². The van der Waals surface area contributed by atoms with Crippen molar-refractivity contribution in [3.8, 4) is 17.2 Å². The number of benzene rings is 4. The summed E-state index contributed by atoms with van der Waals surface area (Å²) < 4.78 is 58.9. The van der Waals surface area contributed by atoms with E-state index in [4.69, 9.17) is 11.6 Å². The number of likely N-dealkylation sites (tertiary alicyclic amines) is 1. The molecule has 8 rings (SSSR count). The largest absolute Gasteiger partial charge is 0.573 e. The molecule has 4 amide bonds. The van der Waals surface area contributed by atoms with E-state index in [1.165, 1.54) is 53.4 Å². The van der Waals surface area contributed by atoms with E-state index in [0.717, 1.165) is 40.9 Å². The van der Waals surface area contributed by atoms with Crippen molar-refractivity contribution in [2.75, 3.05) is 12.0 Å². The molecule has 2 saturated heterocycles. The number of imide groups is 2. The molecule has 56 heavy (non-hydrogen) atoms. The summed E-state index contributed by atoms with van der Waals surface area (Å²) in [6.45, 7) is 0.0312. The minimum absolute atomic E-state index is 0.0312. The summed E-state index contributed by atoms with van der Waals surface area (Å²) in [6, 6.07) is 20.2. The predicted octanol–water partition coefficient (Wildman–Crippen LogP) is 7.02. The normalized spacial score (nSPS) is 25.8. The van der Waals surface area contributed by atoms with Gasteiger partial charge in [-0.25, -0.2) is 4.39 Å². The Morgan fingerprint density at radius 1 is 0.857 bits per heavy atom. The fraction of sp³-hybridized carbons (Fsp3) is 0.268. The minimum Gasteiger partial charge on any atom is -0.508 e. The maximum absolute atomic E-state index is 15.2. The number of amides is 4. The number of hydrogen-bond donors (Lipinski definition) is 3. The Morgan fingerprint density at radius 3 is 2.23 bits per heavy atom. The molecular formula is C41H32ClF4N3O7. The SMILES string of the molecule is O=C1[C@H]2[C@H](CC=C3[C@H]2C[C@H]2C(=O)N(Nc4ccc(F)cc4)C(=O)[C@@]2(c2ccc(Cl)cc2)[C@H]3c2cc(OC(F)(F)F)ccc2O)C(=O)N1CCc1ccc(O)cc1. The van der Waals surface area contributed by atoms with Crippen molar-refractivity contribution in [3.05, 3.63) is 130 Å². The summed E-state index contributed by atoms with van der Waals surface area (Å²) in [5, 5.41) is 22.3. The number of carbonyl (C=O) groups excluding carboxylic acids is 4. The molecule has 2 aliphatic heterocycles. The molecule has 2 aliphatic carbocycles. The lowest BCUT2D eigenvalue weighted by Gasteiger charge is -2.50. The molecule has 4 aliphatic rings. The monoisotopic (exact) mass is 789 g/mol. The number of nitrogens with zero attached hydrogens (tertiary/aromatic N) is 2. The standard InChI is InChI=1S/C41H32ClF4N3O7/c42-23-5-3-22(4-6-23)40-32(37(53)49(39(40)55)47-25-9-7-24(43)8-10-25)20-30-28(35(40)31-19-27(13-16-33(31)51)56-41(44,45)46)14-15-29-34(30)38(54)48(36(29)52)18-17-21-1-11-26(50)12-2-21/h1-14,16,19,29-30,32,34-35,47,50-51H,15,17-18,20H2/t29-,30+,32-,34-,35+,40+/m0/s1. The maximum Gasteiger partial charge on any atom is 0.573 e. The van der Waals surface area contributed by atoms with E-state index in [1.807, 2.05) is 0 Å². The number of aromatic hydroxyl groups is 2. The van der Waals surface area contributed by atoms with Crippen LogP contribution < -0.4 is 10.2 Å². The third-order valence-electron chi connectivity index (χ3n) is 11.5. The molecule has 0 spiro atoms. The highest BCUT2D eigenvalue weighted by molar-refractivity contribution is 6.30. The Kier molecular flexibility index (Phi) is 9.06. The lowest BCUT2D eigenvalue weighted by molar-refractivity contribution is -0.274. The zero-order chi connectivity index (χ0) is 39.7. The smallest absolute Gasteiger partial charge is 0.508 e. The average molecular weight is 790 g/mol. The van der Waals surface area contributed by atoms with Gasteiger partial charge in [-0.05, 0) is 103 Å². The van der Waals surface area contributed by atoms with Crippen molar-refractivity contribution < 1.29 is 51.7 Å². The first-order valence-electron chi connectivity index (χ1n) is 17.8. The number of phenolic OH excluding ortho intramolecular Hbond substituents is 2. The summed E-state index contributed by atoms with van der Waals surface area (Å²) in [7, 11) is 0. The van der Waals surface area contributed by atoms with Crippen LogP contribution in [0.4, 0.5) is 23.2 Å². The van der Waals surface area contributed by atoms with Crippen LogP contribution in [-0.2, 0) is 31.0 Å². The lowest BCUT2D eigenvalue weighted by atomic mass is 9.49. The van der Waals surface area contributed by atoms with Gasteiger partial charge in [-0.2, -0.15) is 5.01 Å². The zero-order valence-corrected chi connectivity index (χ0v) is 29.9. The highest BCUT2D eigenvalue weighted by Gasteiger charge is 2.70. The lowest BCUT2D eigenvalue weighted by Crippen LogP contribution is -2.53. The zero-order valence-electron chi connectivity index (χ0n) is 29.2. The number of alkyl halides is 3. The second-order valence-corrected chi connectivity index (χ2v) is 14.8. The first kappa shape index (κ1) is 37.1. The fourth-order valence-electron chi connectivity index (χ4n) is 9.15. The second kappa shape index (κ2) is 13.7. The number of anilines is 1. The number of rotatable bonds is 8. The second-order valence-electron chi connectivity index (χ2n) is 14.4. The van der Waals surface area contributed by atoms with E-state index in [2.05, 4.69) is 10.2 Å². The van der Waals surface area contributed by atoms with Gasteiger partial charge in [0.15, 0.2) is 0 Å². The number of carbonyl (C=O) groups is 4. The van der Waals surface area contributed by atoms with Crippen molar-refractivity contribution in [1.29, 1.82) is 0 Å². The molecule has 3 N–H and O–H groups in total. The quantitative estimate of drug-likeness (QED) is 0.0986. The molecule has 15 heteroatoms. The molecule has 4 aromatic carbocycles. The average Bonchev–Trinajstić information content (AvgIpc) is 3.53. The highest BCUT2D eigenvalue weighted by Crippen LogP contribution is 2.65. The first-order valence-corrected chi connectivity index (χ1v) is 18.1. The number of phenols is 2. The number of ether oxygens (including phenoxy) is 1. The minimum atomic E-state index is -5.12. The Hall–Kier alpha value is -5.89. The molecule has 2 heterocycles. The number of fused-ring (bicyclic) bond motifs is 4. The molecule has 1 saturated carbocycles. The van der Waals surface area contributed by atoms with Crippen LogP contribution in [0, 0.1) is 29.5 Å². The molecule has 0 bridgehead atoms. The van der Waals surface area contributed by atoms with Gasteiger partial charge in [-0.3, -0.25) is 29.5 Å². The molecule has 6 atom stereocenters. The van der Waals surface area contributed by atoms with E-state index in [-0.39, 0.29) is 47.0 Å². The van der Waals surface area contributed by atoms with E-state index in [1.54, 1.807) is 18.2 Å². The van der Waals surface area contributed by atoms with Gasteiger partial charge in [-0.1, -0.05) is 47.5 Å². The highest BCUT2D eigenvalue weighted by atomic mass is 35.5. The molecular weight excluding hydrogens is 758 g/mol. The Labute approximate surface area is 321 Å². The molecule has 0 unspecified atom stereocenters. The molecule has 3 fully saturated rings. The molecule has 0 aromatic heterocycles. The van der Waals surface area contributed by atoms with Gasteiger partial charge >= 0.3 is 6.36 Å². The summed E-state index contributed by atoms with van der Waals surface area (Å²) in [6.07, 6.45) is -3.21. The van der Waals surface area contributed by atoms with Gasteiger partial charge in [0, 0.05) is 23.0 Å². The van der Waals surface area contributed by atoms with Crippen LogP contribution in [0.2, 0.25) is 5.02 Å². The van der Waals surface area contributed by atoms with Crippen LogP contribution in [0.3, 0.4) is 0 Å². The number of halogens is 5. The van der Waals surface area contributed by atoms with Crippen LogP contribution in [0.25, 0.3) is 0 Å². The van der Waals surface area contributed by atoms with Crippen molar-refractivity contribution in [1.82, 2.24) is 9.91 Å². The number of hydrogen-bond acceptors (Lipinski definition) is 8. The van der Waals surface area contributed by atoms with Crippen molar-refractivity contribution >= 4 is 40.9 Å². The van der Waals surface area contributed by atoms with Gasteiger partial charge < -0.3 is 14.9 Å². The van der Waals surface area contributed by atoms with Gasteiger partial charge in [0.1, 0.15) is 23.1 Å². The van der Waals surface area contributed by atoms with Gasteiger partial charge in [0.2, 0.25) is 11.8 Å². The number of nitrogens with one attached hydrogen (secondary N) is 1. The summed E-state index contributed by atoms with van der Waals surface area (Å²) in [4.78, 5) is 59.4. The van der Waals surface area contributed by atoms with Crippen LogP contribution in [-0.4, -0.2) is 56.7 Å². The van der Waals surface area contributed by atoms with Gasteiger partial charge in [0.25, 0.3) is 11.8 Å². The molecule has 288 valence electrons. The van der Waals surface area contributed by atoms with E-state index in [9.17, 15) is 42.2 Å². The fourth-order valence-corrected chi connectivity index (χ4v) is 9.28. The summed E-state index contributed by atoms with van der Waals surface area (Å²) in [5.41, 5.74) is 2.26. The molecule has 0 radical (unpaired) electrons. The van der Waals surface area contributed by atoms with Crippen LogP contribution >= 0.6 is 11.6 Å². The third kappa shape index (κ3) is 6.12. The topological polar surface area (TPSA) is 136 Å². The summed E-state index contributed by atoms with van der Waals surface area (Å²) >= 11 is 6.29. The maximum atomic E-state index is 15.2. The Morgan fingerprint density at radius 2 is 1.55 bits per heavy atom. The van der Waals surface area contributed by atoms with Crippen LogP contribution in [0.1, 0.15) is 35.4 Å². The van der Waals surface area contributed by atoms with Crippen molar-refractivity contribution in [3.63, 3.8) is 0 Å². The van der Waals surface area contributed by atoms with Crippen LogP contribution in [0.5, 0.6) is 17.2 Å². The summed E-state index contributed by atoms with van der Waals surface area (Å²) in [5.74, 6) is -9.55. The molecule has 4 aromatic rings. The van der Waals surface area contributed by atoms with E-state index in [0.29, 0.717) is 12.0 Å². The number of hydrazine groups is 1. The van der Waals surface area contributed by atoms with Gasteiger partial charge in [0.05, 0.1) is 28.9 Å². The van der Waals surface area contributed by atoms with Crippen molar-refractivity contribution in [2.45, 2.75) is 37.0 Å². The van der Waals surface area contributed by atoms with Gasteiger partial charge in [-0.15, -0.1) is 13.2 Å². The van der Waals surface area contributed by atoms with E-state index < -0.39 is 82.3 Å².